The van der Waals surface area contributed by atoms with E-state index >= 15 is 0 Å². The van der Waals surface area contributed by atoms with Crippen molar-refractivity contribution in [3.8, 4) is 0 Å². The molecule has 2 saturated heterocycles. The minimum absolute atomic E-state index is 0.649. The number of hydrogen-bond acceptors (Lipinski definition) is 3. The summed E-state index contributed by atoms with van der Waals surface area (Å²) >= 11 is 17.0. The maximum Gasteiger partial charge on any atom is 0.179 e. The highest BCUT2D eigenvalue weighted by atomic mass is 35.5. The Hall–Kier alpha value is -0.950. The van der Waals surface area contributed by atoms with Gasteiger partial charge in [0, 0.05) is 23.8 Å². The lowest BCUT2D eigenvalue weighted by Gasteiger charge is -2.26. The monoisotopic (exact) mass is 354 g/mol. The van der Waals surface area contributed by atoms with Crippen LogP contribution in [0.2, 0.25) is 5.02 Å². The zero-order valence-electron chi connectivity index (χ0n) is 12.3. The van der Waals surface area contributed by atoms with Crippen molar-refractivity contribution in [1.29, 1.82) is 0 Å². The molecular weight excluding hydrogens is 336 g/mol. The lowest BCUT2D eigenvalue weighted by molar-refractivity contribution is 0.236. The zero-order valence-corrected chi connectivity index (χ0v) is 14.7. The highest BCUT2D eigenvalue weighted by Gasteiger charge is 2.29. The molecular formula is C15H19ClN4S2. The first-order valence-electron chi connectivity index (χ1n) is 7.49. The highest BCUT2D eigenvalue weighted by Crippen LogP contribution is 2.17. The van der Waals surface area contributed by atoms with Gasteiger partial charge in [-0.3, -0.25) is 9.80 Å². The molecule has 1 aromatic rings. The van der Waals surface area contributed by atoms with Crippen molar-refractivity contribution in [1.82, 2.24) is 14.7 Å². The van der Waals surface area contributed by atoms with Gasteiger partial charge in [0.1, 0.15) is 0 Å². The molecule has 2 aliphatic rings. The normalized spacial score (nSPS) is 19.0. The second-order valence-corrected chi connectivity index (χ2v) is 6.79. The summed E-state index contributed by atoms with van der Waals surface area (Å²) in [6.07, 6.45) is 2.59. The summed E-state index contributed by atoms with van der Waals surface area (Å²) in [6, 6.07) is 7.51. The van der Waals surface area contributed by atoms with Crippen molar-refractivity contribution < 1.29 is 0 Å². The quantitative estimate of drug-likeness (QED) is 0.837. The van der Waals surface area contributed by atoms with E-state index in [1.165, 1.54) is 25.9 Å². The second-order valence-electron chi connectivity index (χ2n) is 5.60. The van der Waals surface area contributed by atoms with E-state index in [0.717, 1.165) is 30.6 Å². The molecule has 0 aromatic heterocycles. The van der Waals surface area contributed by atoms with Crippen molar-refractivity contribution in [2.24, 2.45) is 0 Å². The van der Waals surface area contributed by atoms with Crippen LogP contribution < -0.4 is 5.32 Å². The van der Waals surface area contributed by atoms with E-state index in [4.69, 9.17) is 36.0 Å². The van der Waals surface area contributed by atoms with Gasteiger partial charge in [-0.1, -0.05) is 11.6 Å². The molecule has 0 amide bonds. The van der Waals surface area contributed by atoms with Crippen LogP contribution in [0.1, 0.15) is 12.8 Å². The van der Waals surface area contributed by atoms with Crippen LogP contribution in [-0.4, -0.2) is 57.8 Å². The van der Waals surface area contributed by atoms with Crippen molar-refractivity contribution in [3.63, 3.8) is 0 Å². The molecule has 2 aliphatic heterocycles. The number of halogens is 1. The molecule has 0 spiro atoms. The molecule has 0 bridgehead atoms. The average molecular weight is 355 g/mol. The number of thiocarbonyl (C=S) groups is 2. The van der Waals surface area contributed by atoms with Gasteiger partial charge in [0.25, 0.3) is 0 Å². The van der Waals surface area contributed by atoms with E-state index in [1.807, 2.05) is 29.2 Å². The lowest BCUT2D eigenvalue weighted by Crippen LogP contribution is -2.42. The topological polar surface area (TPSA) is 21.8 Å². The van der Waals surface area contributed by atoms with Crippen LogP contribution >= 0.6 is 36.0 Å². The zero-order chi connectivity index (χ0) is 15.5. The van der Waals surface area contributed by atoms with Crippen LogP contribution in [0.15, 0.2) is 24.3 Å². The average Bonchev–Trinajstić information content (AvgIpc) is 3.13. The summed E-state index contributed by atoms with van der Waals surface area (Å²) in [5.74, 6) is 0. The summed E-state index contributed by atoms with van der Waals surface area (Å²) in [5.41, 5.74) is 0.926. The number of likely N-dealkylation sites (tertiary alicyclic amines) is 1. The number of hydrogen-bond donors (Lipinski definition) is 1. The van der Waals surface area contributed by atoms with Gasteiger partial charge in [0.15, 0.2) is 10.2 Å². The van der Waals surface area contributed by atoms with Crippen LogP contribution in [-0.2, 0) is 0 Å². The van der Waals surface area contributed by atoms with Crippen molar-refractivity contribution >= 4 is 51.9 Å². The number of benzene rings is 1. The fourth-order valence-corrected chi connectivity index (χ4v) is 3.60. The molecule has 2 fully saturated rings. The van der Waals surface area contributed by atoms with Crippen LogP contribution in [0.25, 0.3) is 0 Å². The van der Waals surface area contributed by atoms with Crippen LogP contribution in [0, 0.1) is 0 Å². The molecule has 22 heavy (non-hydrogen) atoms. The molecule has 0 atom stereocenters. The minimum Gasteiger partial charge on any atom is -0.334 e. The van der Waals surface area contributed by atoms with Crippen molar-refractivity contribution in [3.05, 3.63) is 29.3 Å². The Balaban J connectivity index is 1.56. The second kappa shape index (κ2) is 7.08. The van der Waals surface area contributed by atoms with E-state index < -0.39 is 0 Å². The Kier molecular flexibility index (Phi) is 5.13. The van der Waals surface area contributed by atoms with E-state index in [1.54, 1.807) is 0 Å². The predicted molar refractivity (Wildman–Crippen MR) is 99.4 cm³/mol. The maximum absolute atomic E-state index is 5.90. The Bertz CT molecular complexity index is 557. The fraction of sp³-hybridized carbons (Fsp3) is 0.467. The summed E-state index contributed by atoms with van der Waals surface area (Å²) in [5, 5.41) is 5.41. The first-order valence-corrected chi connectivity index (χ1v) is 8.68. The van der Waals surface area contributed by atoms with Crippen LogP contribution in [0.3, 0.4) is 0 Å². The van der Waals surface area contributed by atoms with E-state index in [-0.39, 0.29) is 0 Å². The predicted octanol–water partition coefficient (Wildman–Crippen LogP) is 2.99. The number of nitrogens with zero attached hydrogens (tertiary/aromatic N) is 3. The van der Waals surface area contributed by atoms with Gasteiger partial charge < -0.3 is 10.2 Å². The number of anilines is 1. The molecule has 3 rings (SSSR count). The number of rotatable bonds is 3. The van der Waals surface area contributed by atoms with Gasteiger partial charge in [-0.15, -0.1) is 0 Å². The van der Waals surface area contributed by atoms with Crippen molar-refractivity contribution in [2.75, 3.05) is 38.2 Å². The standard InChI is InChI=1S/C15H19ClN4S2/c16-12-3-5-13(6-4-12)17-14(21)20-10-9-19(15(20)22)11-18-7-1-2-8-18/h3-6H,1-2,7-11H2,(H,17,21). The number of nitrogens with one attached hydrogen (secondary N) is 1. The SMILES string of the molecule is S=C(Nc1ccc(Cl)cc1)N1CCN(CN2CCCC2)C1=S. The fourth-order valence-electron chi connectivity index (χ4n) is 2.79. The summed E-state index contributed by atoms with van der Waals surface area (Å²) in [7, 11) is 0. The lowest BCUT2D eigenvalue weighted by atomic mass is 10.3. The summed E-state index contributed by atoms with van der Waals surface area (Å²) in [4.78, 5) is 6.68. The van der Waals surface area contributed by atoms with Gasteiger partial charge in [-0.25, -0.2) is 0 Å². The first kappa shape index (κ1) is 15.9. The third-order valence-corrected chi connectivity index (χ3v) is 5.06. The minimum atomic E-state index is 0.649. The smallest absolute Gasteiger partial charge is 0.179 e. The van der Waals surface area contributed by atoms with E-state index in [9.17, 15) is 0 Å². The molecule has 4 nitrogen and oxygen atoms in total. The molecule has 0 unspecified atom stereocenters. The summed E-state index contributed by atoms with van der Waals surface area (Å²) < 4.78 is 0. The third-order valence-electron chi connectivity index (χ3n) is 4.00. The Morgan fingerprint density at radius 1 is 1.09 bits per heavy atom. The molecule has 2 heterocycles. The largest absolute Gasteiger partial charge is 0.334 e. The molecule has 0 aliphatic carbocycles. The molecule has 118 valence electrons. The Morgan fingerprint density at radius 2 is 1.77 bits per heavy atom. The van der Waals surface area contributed by atoms with Gasteiger partial charge in [-0.2, -0.15) is 0 Å². The van der Waals surface area contributed by atoms with Gasteiger partial charge in [-0.05, 0) is 74.6 Å². The van der Waals surface area contributed by atoms with E-state index in [0.29, 0.717) is 10.1 Å². The maximum atomic E-state index is 5.90. The first-order chi connectivity index (χ1) is 10.6. The van der Waals surface area contributed by atoms with Gasteiger partial charge in [0.2, 0.25) is 0 Å². The molecule has 0 radical (unpaired) electrons. The Morgan fingerprint density at radius 3 is 2.45 bits per heavy atom. The van der Waals surface area contributed by atoms with Crippen LogP contribution in [0.4, 0.5) is 5.69 Å². The highest BCUT2D eigenvalue weighted by molar-refractivity contribution is 7.82. The summed E-state index contributed by atoms with van der Waals surface area (Å²) in [6.45, 7) is 5.03. The van der Waals surface area contributed by atoms with Gasteiger partial charge in [0.05, 0.1) is 6.67 Å². The van der Waals surface area contributed by atoms with Crippen LogP contribution in [0.5, 0.6) is 0 Å². The molecule has 1 N–H and O–H groups in total. The molecule has 0 saturated carbocycles. The van der Waals surface area contributed by atoms with E-state index in [2.05, 4.69) is 15.1 Å². The third kappa shape index (κ3) is 3.68. The van der Waals surface area contributed by atoms with Crippen molar-refractivity contribution in [2.45, 2.75) is 12.8 Å². The molecule has 1 aromatic carbocycles. The molecule has 7 heteroatoms. The Labute approximate surface area is 147 Å². The van der Waals surface area contributed by atoms with Gasteiger partial charge >= 0.3 is 0 Å².